The predicted octanol–water partition coefficient (Wildman–Crippen LogP) is 2.35. The number of hydrogen-bond donors (Lipinski definition) is 0. The summed E-state index contributed by atoms with van der Waals surface area (Å²) >= 11 is 0. The van der Waals surface area contributed by atoms with Crippen LogP contribution in [0, 0.1) is 13.8 Å². The molecule has 37 heavy (non-hydrogen) atoms. The molecule has 0 unspecified atom stereocenters. The molecule has 2 aliphatic heterocycles. The molecule has 2 fully saturated rings. The highest BCUT2D eigenvalue weighted by Crippen LogP contribution is 2.28. The molecular formula is C27H46N4O5S. The minimum atomic E-state index is -3.69. The summed E-state index contributed by atoms with van der Waals surface area (Å²) in [6, 6.07) is 4.85. The standard InChI is InChI=1S/C27H46N4O5S/c1-20(2)30-11-8-23(9-12-30)31-13-10-24(18-31)29(6)26(32)19-36-15-14-28(5)37(33,34)27-21(3)16-25(35-7)17-22(27)4/h16-17,20,23-24H,8-15,18-19H2,1-7H3/t24-/m0/s1. The van der Waals surface area contributed by atoms with Crippen LogP contribution in [0.5, 0.6) is 5.75 Å². The van der Waals surface area contributed by atoms with Gasteiger partial charge in [0, 0.05) is 51.9 Å². The molecule has 1 aromatic carbocycles. The summed E-state index contributed by atoms with van der Waals surface area (Å²) in [6.07, 6.45) is 3.36. The van der Waals surface area contributed by atoms with Crippen molar-refractivity contribution in [2.24, 2.45) is 0 Å². The maximum atomic E-state index is 13.1. The average molecular weight is 539 g/mol. The molecule has 0 aliphatic carbocycles. The Balaban J connectivity index is 1.43. The summed E-state index contributed by atoms with van der Waals surface area (Å²) in [5, 5.41) is 0. The first-order chi connectivity index (χ1) is 17.4. The van der Waals surface area contributed by atoms with Gasteiger partial charge in [-0.25, -0.2) is 8.42 Å². The zero-order valence-corrected chi connectivity index (χ0v) is 24.5. The molecule has 0 saturated carbocycles. The number of amides is 1. The second kappa shape index (κ2) is 12.9. The summed E-state index contributed by atoms with van der Waals surface area (Å²) in [4.78, 5) is 20.0. The van der Waals surface area contributed by atoms with Crippen LogP contribution < -0.4 is 4.74 Å². The van der Waals surface area contributed by atoms with Crippen molar-refractivity contribution in [1.82, 2.24) is 19.0 Å². The third-order valence-corrected chi connectivity index (χ3v) is 10.2. The largest absolute Gasteiger partial charge is 0.497 e. The van der Waals surface area contributed by atoms with Crippen LogP contribution in [0.1, 0.15) is 44.2 Å². The molecule has 0 N–H and O–H groups in total. The van der Waals surface area contributed by atoms with Crippen molar-refractivity contribution in [1.29, 1.82) is 0 Å². The average Bonchev–Trinajstić information content (AvgIpc) is 3.35. The molecular weight excluding hydrogens is 492 g/mol. The Morgan fingerprint density at radius 1 is 1.08 bits per heavy atom. The molecule has 0 radical (unpaired) electrons. The smallest absolute Gasteiger partial charge is 0.248 e. The van der Waals surface area contributed by atoms with E-state index in [9.17, 15) is 13.2 Å². The normalized spacial score (nSPS) is 20.2. The van der Waals surface area contributed by atoms with Crippen LogP contribution in [-0.4, -0.2) is 119 Å². The molecule has 9 nitrogen and oxygen atoms in total. The van der Waals surface area contributed by atoms with E-state index in [2.05, 4.69) is 23.6 Å². The van der Waals surface area contributed by atoms with Crippen molar-refractivity contribution in [2.45, 2.75) is 70.0 Å². The van der Waals surface area contributed by atoms with E-state index < -0.39 is 10.0 Å². The molecule has 0 bridgehead atoms. The van der Waals surface area contributed by atoms with Crippen LogP contribution in [-0.2, 0) is 19.6 Å². The molecule has 0 spiro atoms. The monoisotopic (exact) mass is 538 g/mol. The van der Waals surface area contributed by atoms with Gasteiger partial charge in [0.05, 0.1) is 18.6 Å². The Bertz CT molecular complexity index is 1000. The fraction of sp³-hybridized carbons (Fsp3) is 0.741. The van der Waals surface area contributed by atoms with Crippen LogP contribution in [0.2, 0.25) is 0 Å². The summed E-state index contributed by atoms with van der Waals surface area (Å²) in [5.74, 6) is 0.568. The van der Waals surface area contributed by atoms with E-state index in [0.29, 0.717) is 29.0 Å². The number of piperidine rings is 1. The number of ether oxygens (including phenoxy) is 2. The van der Waals surface area contributed by atoms with Gasteiger partial charge in [0.15, 0.2) is 0 Å². The molecule has 1 amide bonds. The second-order valence-electron chi connectivity index (χ2n) is 10.8. The minimum absolute atomic E-state index is 0.0474. The third-order valence-electron chi connectivity index (χ3n) is 8.00. The minimum Gasteiger partial charge on any atom is -0.497 e. The Morgan fingerprint density at radius 2 is 1.70 bits per heavy atom. The first-order valence-corrected chi connectivity index (χ1v) is 14.8. The highest BCUT2D eigenvalue weighted by molar-refractivity contribution is 7.89. The van der Waals surface area contributed by atoms with E-state index in [-0.39, 0.29) is 36.6 Å². The van der Waals surface area contributed by atoms with Crippen LogP contribution >= 0.6 is 0 Å². The summed E-state index contributed by atoms with van der Waals surface area (Å²) in [6.45, 7) is 12.5. The van der Waals surface area contributed by atoms with E-state index in [4.69, 9.17) is 9.47 Å². The van der Waals surface area contributed by atoms with Gasteiger partial charge in [0.1, 0.15) is 12.4 Å². The van der Waals surface area contributed by atoms with Gasteiger partial charge in [-0.3, -0.25) is 9.69 Å². The lowest BCUT2D eigenvalue weighted by Gasteiger charge is -2.38. The van der Waals surface area contributed by atoms with Crippen molar-refractivity contribution in [3.05, 3.63) is 23.3 Å². The second-order valence-corrected chi connectivity index (χ2v) is 12.8. The van der Waals surface area contributed by atoms with Crippen LogP contribution in [0.3, 0.4) is 0 Å². The zero-order chi connectivity index (χ0) is 27.3. The van der Waals surface area contributed by atoms with Crippen LogP contribution in [0.25, 0.3) is 0 Å². The number of hydrogen-bond acceptors (Lipinski definition) is 7. The van der Waals surface area contributed by atoms with Crippen molar-refractivity contribution in [2.75, 3.05) is 67.1 Å². The number of aryl methyl sites for hydroxylation is 2. The van der Waals surface area contributed by atoms with Gasteiger partial charge in [-0.1, -0.05) is 0 Å². The number of nitrogens with zero attached hydrogens (tertiary/aromatic N) is 4. The van der Waals surface area contributed by atoms with Crippen molar-refractivity contribution in [3.8, 4) is 5.75 Å². The number of carbonyl (C=O) groups is 1. The third kappa shape index (κ3) is 7.23. The SMILES string of the molecule is COc1cc(C)c(S(=O)(=O)N(C)CCOCC(=O)N(C)[C@H]2CCN(C3CCN(C(C)C)CC3)C2)c(C)c1. The van der Waals surface area contributed by atoms with E-state index in [1.165, 1.54) is 24.2 Å². The topological polar surface area (TPSA) is 82.6 Å². The molecule has 1 aromatic rings. The Hall–Kier alpha value is -1.72. The summed E-state index contributed by atoms with van der Waals surface area (Å²) in [7, 11) is 1.26. The van der Waals surface area contributed by atoms with Crippen LogP contribution in [0.15, 0.2) is 17.0 Å². The van der Waals surface area contributed by atoms with Gasteiger partial charge in [-0.2, -0.15) is 4.31 Å². The predicted molar refractivity (Wildman–Crippen MR) is 146 cm³/mol. The maximum absolute atomic E-state index is 13.1. The molecule has 210 valence electrons. The molecule has 2 aliphatic rings. The van der Waals surface area contributed by atoms with E-state index in [1.54, 1.807) is 33.1 Å². The fourth-order valence-corrected chi connectivity index (χ4v) is 7.11. The van der Waals surface area contributed by atoms with Crippen molar-refractivity contribution < 1.29 is 22.7 Å². The summed E-state index contributed by atoms with van der Waals surface area (Å²) in [5.41, 5.74) is 1.27. The molecule has 3 rings (SSSR count). The fourth-order valence-electron chi connectivity index (χ4n) is 5.55. The van der Waals surface area contributed by atoms with Gasteiger partial charge < -0.3 is 19.3 Å². The Labute approximate surface area is 223 Å². The number of rotatable bonds is 11. The lowest BCUT2D eigenvalue weighted by atomic mass is 10.0. The van der Waals surface area contributed by atoms with Gasteiger partial charge in [-0.15, -0.1) is 0 Å². The summed E-state index contributed by atoms with van der Waals surface area (Å²) < 4.78 is 38.4. The zero-order valence-electron chi connectivity index (χ0n) is 23.7. The number of likely N-dealkylation sites (N-methyl/N-ethyl adjacent to an activating group) is 2. The number of likely N-dealkylation sites (tertiary alicyclic amines) is 2. The highest BCUT2D eigenvalue weighted by atomic mass is 32.2. The first-order valence-electron chi connectivity index (χ1n) is 13.4. The lowest BCUT2D eigenvalue weighted by Crippen LogP contribution is -2.47. The van der Waals surface area contributed by atoms with Gasteiger partial charge in [0.25, 0.3) is 0 Å². The van der Waals surface area contributed by atoms with Crippen LogP contribution in [0.4, 0.5) is 0 Å². The van der Waals surface area contributed by atoms with Gasteiger partial charge >= 0.3 is 0 Å². The number of carbonyl (C=O) groups excluding carboxylic acids is 1. The van der Waals surface area contributed by atoms with E-state index in [0.717, 1.165) is 32.6 Å². The van der Waals surface area contributed by atoms with Crippen molar-refractivity contribution in [3.63, 3.8) is 0 Å². The highest BCUT2D eigenvalue weighted by Gasteiger charge is 2.34. The van der Waals surface area contributed by atoms with Crippen molar-refractivity contribution >= 4 is 15.9 Å². The number of methoxy groups -OCH3 is 1. The van der Waals surface area contributed by atoms with E-state index in [1.807, 2.05) is 11.9 Å². The molecule has 2 saturated heterocycles. The van der Waals surface area contributed by atoms with Gasteiger partial charge in [0.2, 0.25) is 15.9 Å². The van der Waals surface area contributed by atoms with E-state index >= 15 is 0 Å². The molecule has 1 atom stereocenters. The molecule has 0 aromatic heterocycles. The lowest BCUT2D eigenvalue weighted by molar-refractivity contribution is -0.136. The number of sulfonamides is 1. The van der Waals surface area contributed by atoms with Gasteiger partial charge in [-0.05, 0) is 83.3 Å². The first kappa shape index (κ1) is 29.8. The Kier molecular flexibility index (Phi) is 10.4. The molecule has 10 heteroatoms. The Morgan fingerprint density at radius 3 is 2.27 bits per heavy atom. The number of benzene rings is 1. The quantitative estimate of drug-likeness (QED) is 0.400. The molecule has 2 heterocycles. The maximum Gasteiger partial charge on any atom is 0.248 e.